The zero-order valence-corrected chi connectivity index (χ0v) is 27.2. The van der Waals surface area contributed by atoms with E-state index in [1.165, 1.54) is 0 Å². The fourth-order valence-electron chi connectivity index (χ4n) is 7.00. The van der Waals surface area contributed by atoms with Gasteiger partial charge in [-0.05, 0) is 41.0 Å². The first-order chi connectivity index (χ1) is 23.1. The molecule has 3 saturated heterocycles. The van der Waals surface area contributed by atoms with Crippen molar-refractivity contribution in [2.75, 3.05) is 20.9 Å². The fraction of sp³-hybridized carbons (Fsp3) is 0.429. The molecule has 4 unspecified atom stereocenters. The van der Waals surface area contributed by atoms with Crippen molar-refractivity contribution >= 4 is 11.8 Å². The van der Waals surface area contributed by atoms with Gasteiger partial charge in [-0.2, -0.15) is 0 Å². The number of nitrogens with one attached hydrogen (secondary N) is 4. The number of benzene rings is 3. The number of carbonyl (C=O) groups is 2. The third-order valence-electron chi connectivity index (χ3n) is 9.56. The second-order valence-corrected chi connectivity index (χ2v) is 12.6. The zero-order chi connectivity index (χ0) is 34.2. The summed E-state index contributed by atoms with van der Waals surface area (Å²) in [6, 6.07) is 23.4. The van der Waals surface area contributed by atoms with Crippen LogP contribution < -0.4 is 30.7 Å². The second-order valence-electron chi connectivity index (χ2n) is 12.6. The molecule has 0 spiro atoms. The minimum Gasteiger partial charge on any atom is -0.497 e. The Morgan fingerprint density at radius 2 is 1.48 bits per heavy atom. The number of methoxy groups -OCH3 is 2. The number of fused-ring (bicyclic) bond motifs is 1. The molecule has 7 N–H and O–H groups in total. The monoisotopic (exact) mass is 661 g/mol. The van der Waals surface area contributed by atoms with Gasteiger partial charge in [-0.15, -0.1) is 0 Å². The molecule has 0 bridgehead atoms. The van der Waals surface area contributed by atoms with Crippen LogP contribution in [0.15, 0.2) is 78.9 Å². The number of amides is 2. The van der Waals surface area contributed by atoms with E-state index in [-0.39, 0.29) is 24.4 Å². The average molecular weight is 662 g/mol. The van der Waals surface area contributed by atoms with E-state index in [2.05, 4.69) is 21.3 Å². The molecule has 2 amide bonds. The fourth-order valence-corrected chi connectivity index (χ4v) is 7.00. The summed E-state index contributed by atoms with van der Waals surface area (Å²) >= 11 is 0. The smallest absolute Gasteiger partial charge is 0.242 e. The Labute approximate surface area is 279 Å². The highest BCUT2D eigenvalue weighted by atomic mass is 16.6. The third-order valence-corrected chi connectivity index (χ3v) is 9.56. The lowest BCUT2D eigenvalue weighted by Gasteiger charge is -2.43. The van der Waals surface area contributed by atoms with Gasteiger partial charge in [-0.3, -0.25) is 20.2 Å². The molecule has 3 aromatic carbocycles. The van der Waals surface area contributed by atoms with Gasteiger partial charge in [0.2, 0.25) is 11.8 Å². The molecule has 3 aliphatic rings. The summed E-state index contributed by atoms with van der Waals surface area (Å²) in [4.78, 5) is 27.1. The van der Waals surface area contributed by atoms with E-state index < -0.39 is 54.6 Å². The van der Waals surface area contributed by atoms with E-state index in [1.807, 2.05) is 54.6 Å². The Hall–Kier alpha value is -4.08. The van der Waals surface area contributed by atoms with Gasteiger partial charge in [0.05, 0.1) is 32.5 Å². The molecule has 13 heteroatoms. The maximum atomic E-state index is 13.0. The Bertz CT molecular complexity index is 1530. The highest BCUT2D eigenvalue weighted by molar-refractivity contribution is 5.85. The van der Waals surface area contributed by atoms with Crippen LogP contribution in [-0.2, 0) is 19.7 Å². The molecule has 3 aliphatic heterocycles. The number of rotatable bonds is 10. The van der Waals surface area contributed by atoms with Gasteiger partial charge in [-0.1, -0.05) is 68.4 Å². The molecule has 3 heterocycles. The summed E-state index contributed by atoms with van der Waals surface area (Å²) in [5.41, 5.74) is 0.802. The SMILES string of the molecule is COc1ccc(C(c2ccccc2)(c2ccc(OC)cc2)C(O)[C@H]2O[C@@H](N3CNC4C(=O)NC(NC(=O)C(C)C)NC43)[C@H](O)[C@@H]2O)cc1. The van der Waals surface area contributed by atoms with E-state index in [0.29, 0.717) is 22.6 Å². The molecule has 48 heavy (non-hydrogen) atoms. The number of aliphatic hydroxyl groups excluding tert-OH is 3. The topological polar surface area (TPSA) is 174 Å². The lowest BCUT2D eigenvalue weighted by molar-refractivity contribution is -0.142. The maximum Gasteiger partial charge on any atom is 0.242 e. The molecular weight excluding hydrogens is 618 g/mol. The molecule has 0 aromatic heterocycles. The first kappa shape index (κ1) is 33.8. The van der Waals surface area contributed by atoms with Crippen LogP contribution in [0.5, 0.6) is 11.5 Å². The summed E-state index contributed by atoms with van der Waals surface area (Å²) in [5.74, 6) is 0.342. The Balaban J connectivity index is 1.38. The molecule has 13 nitrogen and oxygen atoms in total. The second kappa shape index (κ2) is 13.8. The Morgan fingerprint density at radius 1 is 0.917 bits per heavy atom. The van der Waals surface area contributed by atoms with Crippen LogP contribution in [0.4, 0.5) is 0 Å². The number of hydrogen-bond donors (Lipinski definition) is 7. The highest BCUT2D eigenvalue weighted by Crippen LogP contribution is 2.47. The third kappa shape index (κ3) is 5.92. The lowest BCUT2D eigenvalue weighted by atomic mass is 9.64. The predicted molar refractivity (Wildman–Crippen MR) is 174 cm³/mol. The lowest BCUT2D eigenvalue weighted by Crippen LogP contribution is -2.72. The van der Waals surface area contributed by atoms with Crippen molar-refractivity contribution in [3.05, 3.63) is 95.6 Å². The summed E-state index contributed by atoms with van der Waals surface area (Å²) in [6.45, 7) is 3.61. The molecule has 3 aromatic rings. The van der Waals surface area contributed by atoms with Crippen molar-refractivity contribution in [3.8, 4) is 11.5 Å². The van der Waals surface area contributed by atoms with Gasteiger partial charge in [0, 0.05) is 5.92 Å². The number of nitrogens with zero attached hydrogens (tertiary/aromatic N) is 1. The minimum atomic E-state index is -1.52. The average Bonchev–Trinajstić information content (AvgIpc) is 3.66. The molecule has 3 fully saturated rings. The van der Waals surface area contributed by atoms with Crippen molar-refractivity contribution in [3.63, 3.8) is 0 Å². The zero-order valence-electron chi connectivity index (χ0n) is 27.2. The number of aliphatic hydroxyl groups is 3. The first-order valence-corrected chi connectivity index (χ1v) is 16.0. The van der Waals surface area contributed by atoms with E-state index in [0.717, 1.165) is 5.56 Å². The molecule has 256 valence electrons. The largest absolute Gasteiger partial charge is 0.497 e. The molecule has 8 atom stereocenters. The van der Waals surface area contributed by atoms with Gasteiger partial charge in [0.25, 0.3) is 0 Å². The molecule has 0 radical (unpaired) electrons. The van der Waals surface area contributed by atoms with Gasteiger partial charge in [-0.25, -0.2) is 4.90 Å². The van der Waals surface area contributed by atoms with Crippen LogP contribution in [0, 0.1) is 5.92 Å². The summed E-state index contributed by atoms with van der Waals surface area (Å²) in [5, 5.41) is 47.6. The van der Waals surface area contributed by atoms with Crippen LogP contribution in [-0.4, -0.2) is 102 Å². The van der Waals surface area contributed by atoms with Crippen LogP contribution in [0.3, 0.4) is 0 Å². The van der Waals surface area contributed by atoms with Crippen LogP contribution >= 0.6 is 0 Å². The van der Waals surface area contributed by atoms with Crippen molar-refractivity contribution < 1.29 is 39.1 Å². The minimum absolute atomic E-state index is 0.124. The van der Waals surface area contributed by atoms with Crippen LogP contribution in [0.2, 0.25) is 0 Å². The summed E-state index contributed by atoms with van der Waals surface area (Å²) in [6.07, 6.45) is -8.40. The molecular formula is C35H43N5O8. The summed E-state index contributed by atoms with van der Waals surface area (Å²) in [7, 11) is 3.15. The highest BCUT2D eigenvalue weighted by Gasteiger charge is 2.58. The van der Waals surface area contributed by atoms with E-state index in [9.17, 15) is 24.9 Å². The van der Waals surface area contributed by atoms with Crippen LogP contribution in [0.25, 0.3) is 0 Å². The van der Waals surface area contributed by atoms with Crippen LogP contribution in [0.1, 0.15) is 30.5 Å². The Morgan fingerprint density at radius 3 is 2.02 bits per heavy atom. The first-order valence-electron chi connectivity index (χ1n) is 16.0. The van der Waals surface area contributed by atoms with Gasteiger partial charge in [0.15, 0.2) is 6.29 Å². The van der Waals surface area contributed by atoms with Crippen molar-refractivity contribution in [2.24, 2.45) is 5.92 Å². The molecule has 0 aliphatic carbocycles. The van der Waals surface area contributed by atoms with Crippen molar-refractivity contribution in [1.29, 1.82) is 0 Å². The number of ether oxygens (including phenoxy) is 3. The normalized spacial score (nSPS) is 28.1. The van der Waals surface area contributed by atoms with Gasteiger partial charge < -0.3 is 40.2 Å². The van der Waals surface area contributed by atoms with Crippen molar-refractivity contribution in [2.45, 2.75) is 68.4 Å². The van der Waals surface area contributed by atoms with E-state index in [1.54, 1.807) is 57.2 Å². The predicted octanol–water partition coefficient (Wildman–Crippen LogP) is 0.178. The van der Waals surface area contributed by atoms with Gasteiger partial charge in [0.1, 0.15) is 48.2 Å². The quantitative estimate of drug-likeness (QED) is 0.148. The maximum absolute atomic E-state index is 13.0. The number of hydrogen-bond acceptors (Lipinski definition) is 11. The van der Waals surface area contributed by atoms with Gasteiger partial charge >= 0.3 is 0 Å². The molecule has 0 saturated carbocycles. The molecule has 6 rings (SSSR count). The summed E-state index contributed by atoms with van der Waals surface area (Å²) < 4.78 is 17.3. The van der Waals surface area contributed by atoms with Crippen molar-refractivity contribution in [1.82, 2.24) is 26.2 Å². The number of carbonyl (C=O) groups excluding carboxylic acids is 2. The Kier molecular flexibility index (Phi) is 9.72. The standard InChI is InChI=1S/C35H43N5O8/c1-19(2)31(44)38-34-37-30-25(32(45)39-34)36-18-40(30)33-27(42)26(41)28(48-33)29(43)35(20-8-6-5-7-9-20,21-10-14-23(46-3)15-11-21)22-12-16-24(47-4)17-13-22/h5-17,19,25-30,33-34,36-37,41-43H,18H2,1-4H3,(H,38,44)(H,39,45)/t25?,26-,27+,28-,29?,30?,33+,34?/m0/s1. The van der Waals surface area contributed by atoms with E-state index in [4.69, 9.17) is 14.2 Å². The van der Waals surface area contributed by atoms with E-state index >= 15 is 0 Å².